The molecule has 0 unspecified atom stereocenters. The summed E-state index contributed by atoms with van der Waals surface area (Å²) in [7, 11) is 0. The first kappa shape index (κ1) is 22.1. The Hall–Kier alpha value is -3.55. The number of aryl methyl sites for hydroxylation is 2. The quantitative estimate of drug-likeness (QED) is 0.364. The van der Waals surface area contributed by atoms with Gasteiger partial charge < -0.3 is 10.1 Å². The van der Waals surface area contributed by atoms with Crippen LogP contribution in [-0.2, 0) is 11.4 Å². The lowest BCUT2D eigenvalue weighted by Crippen LogP contribution is -2.14. The Labute approximate surface area is 187 Å². The lowest BCUT2D eigenvalue weighted by molar-refractivity contribution is -0.112. The van der Waals surface area contributed by atoms with E-state index in [2.05, 4.69) is 5.32 Å². The van der Waals surface area contributed by atoms with Crippen molar-refractivity contribution < 1.29 is 9.53 Å². The second-order valence-electron chi connectivity index (χ2n) is 7.33. The summed E-state index contributed by atoms with van der Waals surface area (Å²) in [4.78, 5) is 12.7. The summed E-state index contributed by atoms with van der Waals surface area (Å²) in [5.41, 5.74) is 5.38. The second-order valence-corrected chi connectivity index (χ2v) is 7.77. The molecule has 0 aromatic heterocycles. The Bertz CT molecular complexity index is 1190. The molecule has 0 saturated carbocycles. The van der Waals surface area contributed by atoms with Crippen LogP contribution in [-0.4, -0.2) is 5.91 Å². The molecule has 3 rings (SSSR count). The standard InChI is InChI=1S/C26H23ClN2O2/c1-17-6-4-8-20(12-17)16-31-25-11-10-23(27)14-21(25)13-22(15-28)26(30)29-24-9-5-7-18(2)19(24)3/h4-14H,16H2,1-3H3,(H,29,30)/b22-13+. The Morgan fingerprint density at radius 3 is 2.61 bits per heavy atom. The molecule has 1 amide bonds. The number of nitriles is 1. The first-order chi connectivity index (χ1) is 14.9. The summed E-state index contributed by atoms with van der Waals surface area (Å²) in [6.07, 6.45) is 1.50. The predicted molar refractivity (Wildman–Crippen MR) is 125 cm³/mol. The van der Waals surface area contributed by atoms with Crippen LogP contribution in [0.4, 0.5) is 5.69 Å². The third-order valence-corrected chi connectivity index (χ3v) is 5.20. The van der Waals surface area contributed by atoms with Crippen molar-refractivity contribution in [2.24, 2.45) is 0 Å². The van der Waals surface area contributed by atoms with Gasteiger partial charge in [0.1, 0.15) is 24.0 Å². The molecule has 31 heavy (non-hydrogen) atoms. The highest BCUT2D eigenvalue weighted by molar-refractivity contribution is 6.30. The van der Waals surface area contributed by atoms with Crippen LogP contribution < -0.4 is 10.1 Å². The van der Waals surface area contributed by atoms with Crippen molar-refractivity contribution >= 4 is 29.3 Å². The fourth-order valence-electron chi connectivity index (χ4n) is 3.11. The van der Waals surface area contributed by atoms with Gasteiger partial charge in [0.05, 0.1) is 0 Å². The number of hydrogen-bond acceptors (Lipinski definition) is 3. The van der Waals surface area contributed by atoms with Crippen molar-refractivity contribution in [3.63, 3.8) is 0 Å². The van der Waals surface area contributed by atoms with Crippen LogP contribution >= 0.6 is 11.6 Å². The molecule has 0 atom stereocenters. The number of nitrogens with one attached hydrogen (secondary N) is 1. The third kappa shape index (κ3) is 5.75. The van der Waals surface area contributed by atoms with E-state index in [-0.39, 0.29) is 5.57 Å². The van der Waals surface area contributed by atoms with E-state index in [4.69, 9.17) is 16.3 Å². The minimum absolute atomic E-state index is 0.0384. The first-order valence-corrected chi connectivity index (χ1v) is 10.2. The molecule has 4 nitrogen and oxygen atoms in total. The molecule has 0 saturated heterocycles. The van der Waals surface area contributed by atoms with Crippen molar-refractivity contribution in [3.8, 4) is 11.8 Å². The molecule has 0 aliphatic carbocycles. The number of halogens is 1. The number of ether oxygens (including phenoxy) is 1. The molecule has 3 aromatic carbocycles. The summed E-state index contributed by atoms with van der Waals surface area (Å²) < 4.78 is 5.97. The number of hydrogen-bond donors (Lipinski definition) is 1. The highest BCUT2D eigenvalue weighted by Crippen LogP contribution is 2.27. The molecule has 0 aliphatic rings. The van der Waals surface area contributed by atoms with Crippen molar-refractivity contribution in [2.75, 3.05) is 5.32 Å². The monoisotopic (exact) mass is 430 g/mol. The van der Waals surface area contributed by atoms with Crippen molar-refractivity contribution in [2.45, 2.75) is 27.4 Å². The van der Waals surface area contributed by atoms with E-state index in [1.54, 1.807) is 18.2 Å². The average molecular weight is 431 g/mol. The van der Waals surface area contributed by atoms with Gasteiger partial charge in [0.15, 0.2) is 0 Å². The number of benzene rings is 3. The molecule has 0 heterocycles. The van der Waals surface area contributed by atoms with Gasteiger partial charge in [0.2, 0.25) is 0 Å². The lowest BCUT2D eigenvalue weighted by atomic mass is 10.1. The molecule has 0 fully saturated rings. The van der Waals surface area contributed by atoms with Gasteiger partial charge >= 0.3 is 0 Å². The Morgan fingerprint density at radius 2 is 1.87 bits per heavy atom. The van der Waals surface area contributed by atoms with Crippen molar-refractivity contribution in [1.82, 2.24) is 0 Å². The minimum Gasteiger partial charge on any atom is -0.488 e. The third-order valence-electron chi connectivity index (χ3n) is 4.97. The van der Waals surface area contributed by atoms with Crippen molar-refractivity contribution in [1.29, 1.82) is 5.26 Å². The number of carbonyl (C=O) groups is 1. The molecular formula is C26H23ClN2O2. The number of rotatable bonds is 6. The number of carbonyl (C=O) groups excluding carboxylic acids is 1. The number of amides is 1. The number of anilines is 1. The molecule has 0 aliphatic heterocycles. The molecule has 156 valence electrons. The van der Waals surface area contributed by atoms with Gasteiger partial charge in [-0.3, -0.25) is 4.79 Å². The maximum Gasteiger partial charge on any atom is 0.266 e. The summed E-state index contributed by atoms with van der Waals surface area (Å²) in [6, 6.07) is 20.8. The van der Waals surface area contributed by atoms with E-state index in [1.165, 1.54) is 6.08 Å². The zero-order valence-corrected chi connectivity index (χ0v) is 18.5. The van der Waals surface area contributed by atoms with E-state index in [9.17, 15) is 10.1 Å². The van der Waals surface area contributed by atoms with Gasteiger partial charge in [-0.25, -0.2) is 0 Å². The summed E-state index contributed by atoms with van der Waals surface area (Å²) in [5, 5.41) is 12.9. The molecule has 0 bridgehead atoms. The van der Waals surface area contributed by atoms with Gasteiger partial charge in [-0.2, -0.15) is 5.26 Å². The summed E-state index contributed by atoms with van der Waals surface area (Å²) in [6.45, 7) is 6.28. The zero-order valence-electron chi connectivity index (χ0n) is 17.7. The maximum absolute atomic E-state index is 12.7. The van der Waals surface area contributed by atoms with Gasteiger partial charge in [0.25, 0.3) is 5.91 Å². The Kier molecular flexibility index (Phi) is 7.12. The normalized spacial score (nSPS) is 11.0. The maximum atomic E-state index is 12.7. The van der Waals surface area contributed by atoms with Crippen LogP contribution in [0, 0.1) is 32.1 Å². The Morgan fingerprint density at radius 1 is 1.10 bits per heavy atom. The van der Waals surface area contributed by atoms with Crippen LogP contribution in [0.2, 0.25) is 5.02 Å². The van der Waals surface area contributed by atoms with Gasteiger partial charge in [-0.05, 0) is 67.8 Å². The van der Waals surface area contributed by atoms with Gasteiger partial charge in [-0.15, -0.1) is 0 Å². The summed E-state index contributed by atoms with van der Waals surface area (Å²) >= 11 is 6.16. The second kappa shape index (κ2) is 9.97. The largest absolute Gasteiger partial charge is 0.488 e. The van der Waals surface area contributed by atoms with Crippen LogP contribution in [0.15, 0.2) is 66.2 Å². The molecule has 5 heteroatoms. The fourth-order valence-corrected chi connectivity index (χ4v) is 3.29. The SMILES string of the molecule is Cc1cccc(COc2ccc(Cl)cc2/C=C(\C#N)C(=O)Nc2cccc(C)c2C)c1. The highest BCUT2D eigenvalue weighted by atomic mass is 35.5. The molecule has 0 spiro atoms. The average Bonchev–Trinajstić information content (AvgIpc) is 2.74. The highest BCUT2D eigenvalue weighted by Gasteiger charge is 2.13. The summed E-state index contributed by atoms with van der Waals surface area (Å²) in [5.74, 6) is 0.0546. The lowest BCUT2D eigenvalue weighted by Gasteiger charge is -2.12. The van der Waals surface area contributed by atoms with Gasteiger partial charge in [-0.1, -0.05) is 53.6 Å². The Balaban J connectivity index is 1.85. The van der Waals surface area contributed by atoms with Crippen LogP contribution in [0.3, 0.4) is 0 Å². The first-order valence-electron chi connectivity index (χ1n) is 9.84. The van der Waals surface area contributed by atoms with Crippen molar-refractivity contribution in [3.05, 3.63) is 99.1 Å². The fraction of sp³-hybridized carbons (Fsp3) is 0.154. The van der Waals surface area contributed by atoms with E-state index in [0.717, 1.165) is 22.3 Å². The zero-order chi connectivity index (χ0) is 22.4. The molecule has 0 radical (unpaired) electrons. The van der Waals surface area contributed by atoms with Crippen LogP contribution in [0.25, 0.3) is 6.08 Å². The smallest absolute Gasteiger partial charge is 0.266 e. The van der Waals surface area contributed by atoms with Crippen LogP contribution in [0.5, 0.6) is 5.75 Å². The van der Waals surface area contributed by atoms with E-state index in [1.807, 2.05) is 69.3 Å². The molecule has 1 N–H and O–H groups in total. The molecule has 3 aromatic rings. The van der Waals surface area contributed by atoms with Gasteiger partial charge in [0, 0.05) is 16.3 Å². The van der Waals surface area contributed by atoms with E-state index >= 15 is 0 Å². The van der Waals surface area contributed by atoms with E-state index in [0.29, 0.717) is 28.6 Å². The molecular weight excluding hydrogens is 408 g/mol. The predicted octanol–water partition coefficient (Wildman–Crippen LogP) is 6.39. The topological polar surface area (TPSA) is 62.1 Å². The van der Waals surface area contributed by atoms with Crippen LogP contribution in [0.1, 0.15) is 27.8 Å². The number of nitrogens with zero attached hydrogens (tertiary/aromatic N) is 1. The minimum atomic E-state index is -0.485. The van der Waals surface area contributed by atoms with E-state index < -0.39 is 5.91 Å².